The van der Waals surface area contributed by atoms with Crippen LogP contribution in [0, 0.1) is 0 Å². The van der Waals surface area contributed by atoms with Gasteiger partial charge in [0, 0.05) is 24.6 Å². The molecule has 0 bridgehead atoms. The van der Waals surface area contributed by atoms with E-state index in [0.29, 0.717) is 16.8 Å². The minimum atomic E-state index is -3.39. The number of rotatable bonds is 3. The largest absolute Gasteiger partial charge is 0.419 e. The number of benzene rings is 2. The van der Waals surface area contributed by atoms with Crippen LogP contribution in [0.25, 0.3) is 11.1 Å². The zero-order valence-corrected chi connectivity index (χ0v) is 13.8. The number of amides is 1. The third kappa shape index (κ3) is 2.95. The van der Waals surface area contributed by atoms with Crippen molar-refractivity contribution in [2.24, 2.45) is 7.05 Å². The van der Waals surface area contributed by atoms with Crippen molar-refractivity contribution in [3.63, 3.8) is 0 Å². The van der Waals surface area contributed by atoms with Crippen molar-refractivity contribution >= 4 is 32.5 Å². The van der Waals surface area contributed by atoms with E-state index in [9.17, 15) is 18.0 Å². The highest BCUT2D eigenvalue weighted by Crippen LogP contribution is 2.19. The predicted octanol–water partition coefficient (Wildman–Crippen LogP) is 1.79. The van der Waals surface area contributed by atoms with Gasteiger partial charge in [-0.15, -0.1) is 0 Å². The van der Waals surface area contributed by atoms with Gasteiger partial charge in [-0.1, -0.05) is 6.07 Å². The Morgan fingerprint density at radius 3 is 2.62 bits per heavy atom. The highest BCUT2D eigenvalue weighted by Gasteiger charge is 2.13. The molecule has 0 atom stereocenters. The molecule has 0 radical (unpaired) electrons. The summed E-state index contributed by atoms with van der Waals surface area (Å²) in [7, 11) is -1.83. The molecule has 1 amide bonds. The molecule has 0 saturated carbocycles. The van der Waals surface area contributed by atoms with Crippen molar-refractivity contribution in [2.45, 2.75) is 4.90 Å². The monoisotopic (exact) mass is 346 g/mol. The minimum Gasteiger partial charge on any atom is -0.408 e. The van der Waals surface area contributed by atoms with Gasteiger partial charge >= 0.3 is 5.76 Å². The Balaban J connectivity index is 1.92. The van der Waals surface area contributed by atoms with Gasteiger partial charge in [0.05, 0.1) is 10.4 Å². The van der Waals surface area contributed by atoms with Crippen LogP contribution in [-0.4, -0.2) is 25.1 Å². The van der Waals surface area contributed by atoms with E-state index >= 15 is 0 Å². The van der Waals surface area contributed by atoms with Crippen LogP contribution < -0.4 is 11.1 Å². The third-order valence-corrected chi connectivity index (χ3v) is 4.68. The maximum absolute atomic E-state index is 12.3. The molecule has 8 heteroatoms. The fourth-order valence-electron chi connectivity index (χ4n) is 2.28. The van der Waals surface area contributed by atoms with Gasteiger partial charge < -0.3 is 9.73 Å². The number of nitrogens with zero attached hydrogens (tertiary/aromatic N) is 1. The lowest BCUT2D eigenvalue weighted by molar-refractivity contribution is 0.102. The van der Waals surface area contributed by atoms with E-state index in [-0.39, 0.29) is 10.5 Å². The van der Waals surface area contributed by atoms with Crippen molar-refractivity contribution in [2.75, 3.05) is 11.6 Å². The lowest BCUT2D eigenvalue weighted by Gasteiger charge is -2.07. The molecule has 0 aliphatic rings. The number of hydrogen-bond donors (Lipinski definition) is 1. The van der Waals surface area contributed by atoms with E-state index in [4.69, 9.17) is 4.42 Å². The van der Waals surface area contributed by atoms with Crippen LogP contribution in [0.5, 0.6) is 0 Å². The Hall–Kier alpha value is -2.87. The summed E-state index contributed by atoms with van der Waals surface area (Å²) in [6.07, 6.45) is 1.08. The van der Waals surface area contributed by atoms with Crippen molar-refractivity contribution in [3.8, 4) is 0 Å². The van der Waals surface area contributed by atoms with Gasteiger partial charge in [-0.2, -0.15) is 0 Å². The summed E-state index contributed by atoms with van der Waals surface area (Å²) in [4.78, 5) is 23.9. The van der Waals surface area contributed by atoms with Crippen molar-refractivity contribution in [3.05, 3.63) is 58.6 Å². The van der Waals surface area contributed by atoms with Crippen LogP contribution in [0.3, 0.4) is 0 Å². The number of aryl methyl sites for hydroxylation is 1. The Bertz CT molecular complexity index is 1110. The molecular weight excluding hydrogens is 332 g/mol. The summed E-state index contributed by atoms with van der Waals surface area (Å²) in [5.74, 6) is -0.942. The number of nitrogens with one attached hydrogen (secondary N) is 1. The number of anilines is 1. The number of oxazole rings is 1. The van der Waals surface area contributed by atoms with Crippen LogP contribution in [0.15, 0.2) is 56.6 Å². The Labute approximate surface area is 137 Å². The number of hydrogen-bond acceptors (Lipinski definition) is 5. The number of carbonyl (C=O) groups is 1. The molecule has 7 nitrogen and oxygen atoms in total. The number of sulfone groups is 1. The molecule has 0 unspecified atom stereocenters. The molecular formula is C16H14N2O5S. The first-order valence-corrected chi connectivity index (χ1v) is 8.86. The van der Waals surface area contributed by atoms with Gasteiger partial charge in [-0.25, -0.2) is 13.2 Å². The molecule has 1 aromatic heterocycles. The fraction of sp³-hybridized carbons (Fsp3) is 0.125. The van der Waals surface area contributed by atoms with Crippen LogP contribution in [0.4, 0.5) is 5.69 Å². The lowest BCUT2D eigenvalue weighted by atomic mass is 10.2. The normalized spacial score (nSPS) is 11.6. The maximum atomic E-state index is 12.3. The fourth-order valence-corrected chi connectivity index (χ4v) is 2.94. The van der Waals surface area contributed by atoms with E-state index in [1.165, 1.54) is 28.8 Å². The number of fused-ring (bicyclic) bond motifs is 1. The second-order valence-corrected chi connectivity index (χ2v) is 7.38. The second-order valence-electron chi connectivity index (χ2n) is 5.36. The van der Waals surface area contributed by atoms with Crippen LogP contribution in [0.1, 0.15) is 10.4 Å². The van der Waals surface area contributed by atoms with Gasteiger partial charge in [0.15, 0.2) is 15.4 Å². The first kappa shape index (κ1) is 16.0. The molecule has 0 aliphatic heterocycles. The predicted molar refractivity (Wildman–Crippen MR) is 89.0 cm³/mol. The first-order valence-electron chi connectivity index (χ1n) is 6.97. The summed E-state index contributed by atoms with van der Waals surface area (Å²) in [5, 5.41) is 2.67. The summed E-state index contributed by atoms with van der Waals surface area (Å²) >= 11 is 0. The first-order chi connectivity index (χ1) is 11.3. The van der Waals surface area contributed by atoms with E-state index in [0.717, 1.165) is 6.26 Å². The smallest absolute Gasteiger partial charge is 0.408 e. The zero-order chi connectivity index (χ0) is 17.5. The molecule has 0 fully saturated rings. The van der Waals surface area contributed by atoms with Gasteiger partial charge in [0.1, 0.15) is 0 Å². The molecule has 1 heterocycles. The lowest BCUT2D eigenvalue weighted by Crippen LogP contribution is -2.13. The van der Waals surface area contributed by atoms with Gasteiger partial charge in [0.25, 0.3) is 5.91 Å². The summed E-state index contributed by atoms with van der Waals surface area (Å²) in [6.45, 7) is 0. The van der Waals surface area contributed by atoms with Crippen LogP contribution >= 0.6 is 0 Å². The minimum absolute atomic E-state index is 0.0721. The summed E-state index contributed by atoms with van der Waals surface area (Å²) in [5.41, 5.74) is 1.65. The van der Waals surface area contributed by atoms with Gasteiger partial charge in [0.2, 0.25) is 0 Å². The van der Waals surface area contributed by atoms with E-state index in [1.807, 2.05) is 0 Å². The second kappa shape index (κ2) is 5.64. The molecule has 0 spiro atoms. The molecule has 24 heavy (non-hydrogen) atoms. The van der Waals surface area contributed by atoms with Crippen LogP contribution in [0.2, 0.25) is 0 Å². The average Bonchev–Trinajstić information content (AvgIpc) is 2.81. The number of carbonyl (C=O) groups excluding carboxylic acids is 1. The summed E-state index contributed by atoms with van der Waals surface area (Å²) < 4.78 is 29.5. The Kier molecular flexibility index (Phi) is 3.76. The summed E-state index contributed by atoms with van der Waals surface area (Å²) in [6, 6.07) is 10.6. The Morgan fingerprint density at radius 1 is 1.17 bits per heavy atom. The number of aromatic nitrogens is 1. The molecule has 3 rings (SSSR count). The van der Waals surface area contributed by atoms with E-state index in [2.05, 4.69) is 5.32 Å². The van der Waals surface area contributed by atoms with Gasteiger partial charge in [-0.3, -0.25) is 9.36 Å². The Morgan fingerprint density at radius 2 is 1.92 bits per heavy atom. The molecule has 0 aliphatic carbocycles. The van der Waals surface area contributed by atoms with E-state index < -0.39 is 21.5 Å². The topological polar surface area (TPSA) is 98.4 Å². The standard InChI is InChI=1S/C16H14N2O5S/c1-18-13-9-11(6-7-14(13)23-16(18)20)17-15(19)10-4-3-5-12(8-10)24(2,21)22/h3-9H,1-2H3,(H,17,19). The van der Waals surface area contributed by atoms with Gasteiger partial charge in [-0.05, 0) is 36.4 Å². The van der Waals surface area contributed by atoms with E-state index in [1.54, 1.807) is 25.2 Å². The molecule has 2 aromatic carbocycles. The van der Waals surface area contributed by atoms with Crippen molar-refractivity contribution < 1.29 is 17.6 Å². The quantitative estimate of drug-likeness (QED) is 0.779. The average molecular weight is 346 g/mol. The van der Waals surface area contributed by atoms with Crippen LogP contribution in [-0.2, 0) is 16.9 Å². The maximum Gasteiger partial charge on any atom is 0.419 e. The van der Waals surface area contributed by atoms with Crippen molar-refractivity contribution in [1.82, 2.24) is 4.57 Å². The zero-order valence-electron chi connectivity index (χ0n) is 12.9. The molecule has 3 aromatic rings. The van der Waals surface area contributed by atoms with Crippen molar-refractivity contribution in [1.29, 1.82) is 0 Å². The molecule has 124 valence electrons. The highest BCUT2D eigenvalue weighted by molar-refractivity contribution is 7.90. The molecule has 0 saturated heterocycles. The third-order valence-electron chi connectivity index (χ3n) is 3.57. The highest BCUT2D eigenvalue weighted by atomic mass is 32.2. The SMILES string of the molecule is Cn1c(=O)oc2ccc(NC(=O)c3cccc(S(C)(=O)=O)c3)cc21. The molecule has 1 N–H and O–H groups in total.